The van der Waals surface area contributed by atoms with Gasteiger partial charge >= 0.3 is 5.97 Å². The smallest absolute Gasteiger partial charge is 0.303 e. The summed E-state index contributed by atoms with van der Waals surface area (Å²) >= 11 is 6.57. The summed E-state index contributed by atoms with van der Waals surface area (Å²) in [6.07, 6.45) is 8.68. The predicted molar refractivity (Wildman–Crippen MR) is 117 cm³/mol. The average Bonchev–Trinajstić information content (AvgIpc) is 2.97. The molecule has 2 rings (SSSR count). The van der Waals surface area contributed by atoms with Crippen molar-refractivity contribution in [1.82, 2.24) is 0 Å². The van der Waals surface area contributed by atoms with Gasteiger partial charge in [0.05, 0.1) is 12.2 Å². The molecule has 0 aromatic heterocycles. The molecule has 0 bridgehead atoms. The molecular weight excluding hydrogens is 388 g/mol. The van der Waals surface area contributed by atoms with E-state index in [0.29, 0.717) is 6.42 Å². The van der Waals surface area contributed by atoms with Crippen molar-refractivity contribution in [2.24, 2.45) is 5.92 Å². The van der Waals surface area contributed by atoms with Gasteiger partial charge in [-0.1, -0.05) is 69.7 Å². The number of carbonyl (C=O) groups is 1. The largest absolute Gasteiger partial charge is 0.481 e. The number of unbranched alkanes of at least 4 members (excludes halogenated alkanes) is 5. The minimum absolute atomic E-state index is 0.0304. The van der Waals surface area contributed by atoms with Crippen LogP contribution in [0.1, 0.15) is 101 Å². The highest BCUT2D eigenvalue weighted by Crippen LogP contribution is 2.45. The summed E-state index contributed by atoms with van der Waals surface area (Å²) < 4.78 is 0. The van der Waals surface area contributed by atoms with Crippen LogP contribution < -0.4 is 0 Å². The van der Waals surface area contributed by atoms with Crippen LogP contribution in [-0.4, -0.2) is 32.8 Å². The van der Waals surface area contributed by atoms with Gasteiger partial charge in [0.15, 0.2) is 0 Å². The Hall–Kier alpha value is -1.10. The third kappa shape index (κ3) is 7.58. The molecule has 1 aromatic rings. The monoisotopic (exact) mass is 424 g/mol. The van der Waals surface area contributed by atoms with Gasteiger partial charge in [0, 0.05) is 17.7 Å². The van der Waals surface area contributed by atoms with Gasteiger partial charge in [-0.2, -0.15) is 0 Å². The van der Waals surface area contributed by atoms with Crippen LogP contribution in [0.15, 0.2) is 24.3 Å². The Morgan fingerprint density at radius 2 is 1.79 bits per heavy atom. The van der Waals surface area contributed by atoms with E-state index in [4.69, 9.17) is 16.7 Å². The molecule has 1 saturated carbocycles. The van der Waals surface area contributed by atoms with Crippen molar-refractivity contribution >= 4 is 17.6 Å². The number of aliphatic carboxylic acids is 1. The molecule has 5 heteroatoms. The van der Waals surface area contributed by atoms with E-state index in [2.05, 4.69) is 6.92 Å². The summed E-state index contributed by atoms with van der Waals surface area (Å²) in [5.41, 5.74) is 2.04. The van der Waals surface area contributed by atoms with E-state index in [-0.39, 0.29) is 23.6 Å². The maximum Gasteiger partial charge on any atom is 0.303 e. The fourth-order valence-corrected chi connectivity index (χ4v) is 5.06. The SMILES string of the molecule is CCCCCC(O)c1ccc(C2C(CCCCCCC(=O)O)[C@H](Cl)C[C@H]2O)cc1. The Bertz CT molecular complexity index is 603. The summed E-state index contributed by atoms with van der Waals surface area (Å²) in [4.78, 5) is 10.6. The van der Waals surface area contributed by atoms with Crippen molar-refractivity contribution < 1.29 is 20.1 Å². The fourth-order valence-electron chi connectivity index (χ4n) is 4.60. The lowest BCUT2D eigenvalue weighted by Crippen LogP contribution is -2.19. The number of carboxylic acids is 1. The summed E-state index contributed by atoms with van der Waals surface area (Å²) in [6.45, 7) is 2.16. The molecule has 0 heterocycles. The van der Waals surface area contributed by atoms with Crippen LogP contribution in [-0.2, 0) is 4.79 Å². The van der Waals surface area contributed by atoms with Gasteiger partial charge in [0.1, 0.15) is 0 Å². The molecule has 0 spiro atoms. The van der Waals surface area contributed by atoms with Crippen LogP contribution in [0.4, 0.5) is 0 Å². The number of alkyl halides is 1. The van der Waals surface area contributed by atoms with Crippen LogP contribution in [0.2, 0.25) is 0 Å². The highest BCUT2D eigenvalue weighted by Gasteiger charge is 2.41. The van der Waals surface area contributed by atoms with Crippen LogP contribution in [0, 0.1) is 5.92 Å². The zero-order valence-electron chi connectivity index (χ0n) is 17.6. The summed E-state index contributed by atoms with van der Waals surface area (Å²) in [5.74, 6) is -0.474. The zero-order valence-corrected chi connectivity index (χ0v) is 18.4. The van der Waals surface area contributed by atoms with Crippen molar-refractivity contribution in [3.05, 3.63) is 35.4 Å². The highest BCUT2D eigenvalue weighted by molar-refractivity contribution is 6.21. The van der Waals surface area contributed by atoms with Gasteiger partial charge in [0.25, 0.3) is 0 Å². The molecule has 1 fully saturated rings. The Morgan fingerprint density at radius 3 is 2.45 bits per heavy atom. The van der Waals surface area contributed by atoms with Gasteiger partial charge in [-0.3, -0.25) is 4.79 Å². The fraction of sp³-hybridized carbons (Fsp3) is 0.708. The second-order valence-electron chi connectivity index (χ2n) is 8.53. The molecule has 5 atom stereocenters. The first-order valence-electron chi connectivity index (χ1n) is 11.3. The number of aliphatic hydroxyl groups excluding tert-OH is 2. The van der Waals surface area contributed by atoms with Crippen molar-refractivity contribution in [2.75, 3.05) is 0 Å². The van der Waals surface area contributed by atoms with Crippen LogP contribution in [0.5, 0.6) is 0 Å². The second kappa shape index (κ2) is 12.6. The van der Waals surface area contributed by atoms with Crippen LogP contribution in [0.3, 0.4) is 0 Å². The highest BCUT2D eigenvalue weighted by atomic mass is 35.5. The van der Waals surface area contributed by atoms with E-state index in [0.717, 1.165) is 68.9 Å². The van der Waals surface area contributed by atoms with Crippen molar-refractivity contribution in [3.63, 3.8) is 0 Å². The number of benzene rings is 1. The number of rotatable bonds is 13. The van der Waals surface area contributed by atoms with E-state index < -0.39 is 18.2 Å². The Morgan fingerprint density at radius 1 is 1.10 bits per heavy atom. The number of hydrogen-bond acceptors (Lipinski definition) is 3. The van der Waals surface area contributed by atoms with Crippen LogP contribution >= 0.6 is 11.6 Å². The molecule has 3 N–H and O–H groups in total. The van der Waals surface area contributed by atoms with Crippen molar-refractivity contribution in [2.45, 2.75) is 101 Å². The van der Waals surface area contributed by atoms with E-state index >= 15 is 0 Å². The first kappa shape index (κ1) is 24.2. The maximum atomic E-state index is 10.6. The van der Waals surface area contributed by atoms with E-state index in [1.165, 1.54) is 0 Å². The van der Waals surface area contributed by atoms with Gasteiger partial charge in [-0.15, -0.1) is 11.6 Å². The summed E-state index contributed by atoms with van der Waals surface area (Å²) in [5, 5.41) is 29.7. The van der Waals surface area contributed by atoms with Gasteiger partial charge < -0.3 is 15.3 Å². The molecule has 29 heavy (non-hydrogen) atoms. The number of halogens is 1. The molecule has 0 aliphatic heterocycles. The number of carboxylic acid groups (broad SMARTS) is 1. The number of aliphatic hydroxyl groups is 2. The Balaban J connectivity index is 1.91. The quantitative estimate of drug-likeness (QED) is 0.276. The topological polar surface area (TPSA) is 77.8 Å². The van der Waals surface area contributed by atoms with E-state index in [1.807, 2.05) is 24.3 Å². The first-order chi connectivity index (χ1) is 13.9. The minimum atomic E-state index is -0.733. The lowest BCUT2D eigenvalue weighted by atomic mass is 9.83. The van der Waals surface area contributed by atoms with Crippen molar-refractivity contribution in [3.8, 4) is 0 Å². The molecule has 4 nitrogen and oxygen atoms in total. The maximum absolute atomic E-state index is 10.6. The molecular formula is C24H37ClO4. The molecule has 164 valence electrons. The average molecular weight is 425 g/mol. The molecule has 0 saturated heterocycles. The first-order valence-corrected chi connectivity index (χ1v) is 11.7. The number of hydrogen-bond donors (Lipinski definition) is 3. The van der Waals surface area contributed by atoms with Gasteiger partial charge in [0.2, 0.25) is 0 Å². The third-order valence-electron chi connectivity index (χ3n) is 6.27. The standard InChI is InChI=1S/C24H37ClO4/c1-2-3-6-10-21(26)17-12-14-18(15-13-17)24-19(20(25)16-22(24)27)9-7-4-5-8-11-23(28)29/h12-15,19-22,24,26-27H,2-11,16H2,1H3,(H,28,29)/t19?,20-,21?,22-,24?/m1/s1. The molecule has 1 aromatic carbocycles. The Labute approximate surface area is 180 Å². The van der Waals surface area contributed by atoms with Gasteiger partial charge in [-0.25, -0.2) is 0 Å². The molecule has 1 aliphatic carbocycles. The molecule has 1 aliphatic rings. The molecule has 0 amide bonds. The Kier molecular flexibility index (Phi) is 10.5. The normalized spacial score (nSPS) is 25.2. The lowest BCUT2D eigenvalue weighted by molar-refractivity contribution is -0.137. The molecule has 0 radical (unpaired) electrons. The van der Waals surface area contributed by atoms with Gasteiger partial charge in [-0.05, 0) is 42.7 Å². The van der Waals surface area contributed by atoms with Crippen LogP contribution in [0.25, 0.3) is 0 Å². The molecule has 3 unspecified atom stereocenters. The summed E-state index contributed by atoms with van der Waals surface area (Å²) in [6, 6.07) is 8.06. The van der Waals surface area contributed by atoms with E-state index in [9.17, 15) is 15.0 Å². The summed E-state index contributed by atoms with van der Waals surface area (Å²) in [7, 11) is 0. The zero-order chi connectivity index (χ0) is 21.2. The second-order valence-corrected chi connectivity index (χ2v) is 9.09. The minimum Gasteiger partial charge on any atom is -0.481 e. The predicted octanol–water partition coefficient (Wildman–Crippen LogP) is 5.80. The van der Waals surface area contributed by atoms with E-state index in [1.54, 1.807) is 0 Å². The third-order valence-corrected chi connectivity index (χ3v) is 6.77. The lowest BCUT2D eigenvalue weighted by Gasteiger charge is -2.24. The van der Waals surface area contributed by atoms with Crippen molar-refractivity contribution in [1.29, 1.82) is 0 Å².